The molecule has 0 fully saturated rings. The third kappa shape index (κ3) is 5.06. The van der Waals surface area contributed by atoms with E-state index in [1.807, 2.05) is 60.8 Å². The van der Waals surface area contributed by atoms with E-state index < -0.39 is 6.17 Å². The molecule has 0 radical (unpaired) electrons. The summed E-state index contributed by atoms with van der Waals surface area (Å²) in [6.07, 6.45) is 1.55. The van der Waals surface area contributed by atoms with Crippen LogP contribution in [-0.2, 0) is 0 Å². The second-order valence-electron chi connectivity index (χ2n) is 12.8. The average molecular weight is 654 g/mol. The highest BCUT2D eigenvalue weighted by Gasteiger charge is 2.22. The highest BCUT2D eigenvalue weighted by molar-refractivity contribution is 6.24. The zero-order valence-corrected chi connectivity index (χ0v) is 27.4. The third-order valence-corrected chi connectivity index (χ3v) is 9.68. The molecule has 0 amide bonds. The van der Waals surface area contributed by atoms with Crippen molar-refractivity contribution in [1.82, 2.24) is 4.98 Å². The molecule has 7 aromatic carbocycles. The maximum atomic E-state index is 6.82. The van der Waals surface area contributed by atoms with Crippen molar-refractivity contribution < 1.29 is 4.42 Å². The lowest BCUT2D eigenvalue weighted by molar-refractivity contribution is 0.669. The Hall–Kier alpha value is -6.85. The van der Waals surface area contributed by atoms with Crippen molar-refractivity contribution >= 4 is 55.2 Å². The van der Waals surface area contributed by atoms with E-state index in [-0.39, 0.29) is 0 Å². The van der Waals surface area contributed by atoms with Gasteiger partial charge in [0.1, 0.15) is 11.3 Å². The van der Waals surface area contributed by atoms with Gasteiger partial charge in [0.25, 0.3) is 0 Å². The quantitative estimate of drug-likeness (QED) is 0.185. The summed E-state index contributed by atoms with van der Waals surface area (Å²) in [7, 11) is 0. The summed E-state index contributed by atoms with van der Waals surface area (Å²) in [6.45, 7) is 0. The van der Waals surface area contributed by atoms with Gasteiger partial charge in [-0.1, -0.05) is 151 Å². The number of amidine groups is 2. The number of rotatable bonds is 5. The number of aromatic nitrogens is 1. The van der Waals surface area contributed by atoms with Gasteiger partial charge in [0.2, 0.25) is 0 Å². The van der Waals surface area contributed by atoms with Crippen LogP contribution in [0.2, 0.25) is 0 Å². The van der Waals surface area contributed by atoms with E-state index >= 15 is 0 Å². The van der Waals surface area contributed by atoms with E-state index in [4.69, 9.17) is 24.7 Å². The summed E-state index contributed by atoms with van der Waals surface area (Å²) in [5.74, 6) is 1.28. The molecule has 1 aliphatic rings. The minimum Gasteiger partial charge on any atom is -0.454 e. The topological polar surface area (TPSA) is 64.8 Å². The fourth-order valence-electron chi connectivity index (χ4n) is 7.18. The number of benzene rings is 7. The van der Waals surface area contributed by atoms with Crippen LogP contribution in [0.3, 0.4) is 0 Å². The molecule has 0 saturated carbocycles. The Morgan fingerprint density at radius 2 is 1.18 bits per heavy atom. The van der Waals surface area contributed by atoms with Crippen LogP contribution in [0.15, 0.2) is 184 Å². The van der Waals surface area contributed by atoms with Crippen LogP contribution in [-0.4, -0.2) is 16.7 Å². The Balaban J connectivity index is 1.21. The predicted octanol–water partition coefficient (Wildman–Crippen LogP) is 11.9. The molecule has 2 aromatic heterocycles. The van der Waals surface area contributed by atoms with Gasteiger partial charge in [-0.3, -0.25) is 9.98 Å². The molecule has 1 atom stereocenters. The lowest BCUT2D eigenvalue weighted by atomic mass is 9.94. The predicted molar refractivity (Wildman–Crippen MR) is 209 cm³/mol. The maximum Gasteiger partial charge on any atom is 0.162 e. The first-order chi connectivity index (χ1) is 25.3. The summed E-state index contributed by atoms with van der Waals surface area (Å²) >= 11 is 0. The molecule has 0 aliphatic carbocycles. The molecule has 1 aliphatic heterocycles. The van der Waals surface area contributed by atoms with Gasteiger partial charge in [-0.25, -0.2) is 0 Å². The Morgan fingerprint density at radius 3 is 1.96 bits per heavy atom. The van der Waals surface area contributed by atoms with Crippen LogP contribution in [0, 0.1) is 0 Å². The van der Waals surface area contributed by atoms with Crippen molar-refractivity contribution in [2.75, 3.05) is 0 Å². The van der Waals surface area contributed by atoms with Gasteiger partial charge in [-0.15, -0.1) is 0 Å². The van der Waals surface area contributed by atoms with Gasteiger partial charge in [0.05, 0.1) is 12.0 Å². The van der Waals surface area contributed by atoms with E-state index in [1.54, 1.807) is 0 Å². The number of pyridine rings is 1. The van der Waals surface area contributed by atoms with Crippen molar-refractivity contribution in [3.63, 3.8) is 0 Å². The van der Waals surface area contributed by atoms with E-state index in [1.165, 1.54) is 5.39 Å². The van der Waals surface area contributed by atoms with Gasteiger partial charge in [0.15, 0.2) is 5.58 Å². The third-order valence-electron chi connectivity index (χ3n) is 9.68. The number of hydrogen-bond acceptors (Lipinski definition) is 4. The lowest BCUT2D eigenvalue weighted by Gasteiger charge is -2.33. The first kappa shape index (κ1) is 29.1. The van der Waals surface area contributed by atoms with Gasteiger partial charge >= 0.3 is 0 Å². The zero-order chi connectivity index (χ0) is 33.7. The molecular formula is C46H29N4O-. The van der Waals surface area contributed by atoms with Crippen molar-refractivity contribution in [3.8, 4) is 22.4 Å². The summed E-state index contributed by atoms with van der Waals surface area (Å²) < 4.78 is 6.82. The molecule has 5 nitrogen and oxygen atoms in total. The summed E-state index contributed by atoms with van der Waals surface area (Å²) in [4.78, 5) is 15.3. The molecule has 240 valence electrons. The second kappa shape index (κ2) is 11.9. The Bertz CT molecular complexity index is 2840. The fraction of sp³-hybridized carbons (Fsp3) is 0.0217. The lowest BCUT2D eigenvalue weighted by Crippen LogP contribution is -2.16. The largest absolute Gasteiger partial charge is 0.454 e. The Morgan fingerprint density at radius 1 is 0.529 bits per heavy atom. The van der Waals surface area contributed by atoms with E-state index in [2.05, 4.69) is 109 Å². The van der Waals surface area contributed by atoms with Gasteiger partial charge in [0, 0.05) is 28.1 Å². The first-order valence-corrected chi connectivity index (χ1v) is 17.1. The van der Waals surface area contributed by atoms with E-state index in [0.717, 1.165) is 77.2 Å². The molecule has 9 aromatic rings. The molecule has 0 saturated heterocycles. The highest BCUT2D eigenvalue weighted by Crippen LogP contribution is 2.44. The van der Waals surface area contributed by atoms with Crippen LogP contribution in [0.4, 0.5) is 0 Å². The summed E-state index contributed by atoms with van der Waals surface area (Å²) in [5, 5.41) is 11.8. The van der Waals surface area contributed by atoms with Crippen molar-refractivity contribution in [1.29, 1.82) is 0 Å². The van der Waals surface area contributed by atoms with Crippen LogP contribution in [0.25, 0.3) is 71.2 Å². The van der Waals surface area contributed by atoms with Crippen LogP contribution < -0.4 is 0 Å². The number of aliphatic imine (C=N–C) groups is 2. The molecule has 5 heteroatoms. The molecule has 0 bridgehead atoms. The monoisotopic (exact) mass is 653 g/mol. The van der Waals surface area contributed by atoms with Crippen molar-refractivity contribution in [2.45, 2.75) is 6.17 Å². The van der Waals surface area contributed by atoms with Gasteiger partial charge in [-0.2, -0.15) is 0 Å². The number of nitrogens with zero attached hydrogens (tertiary/aromatic N) is 4. The minimum absolute atomic E-state index is 0.434. The molecule has 10 rings (SSSR count). The van der Waals surface area contributed by atoms with Crippen LogP contribution in [0.1, 0.15) is 22.9 Å². The molecule has 1 unspecified atom stereocenters. The summed E-state index contributed by atoms with van der Waals surface area (Å²) in [6, 6.07) is 56.3. The van der Waals surface area contributed by atoms with Crippen molar-refractivity contribution in [2.24, 2.45) is 9.98 Å². The molecule has 51 heavy (non-hydrogen) atoms. The minimum atomic E-state index is -0.434. The summed E-state index contributed by atoms with van der Waals surface area (Å²) in [5.41, 5.74) is 8.16. The number of hydrogen-bond donors (Lipinski definition) is 0. The highest BCUT2D eigenvalue weighted by atomic mass is 16.3. The first-order valence-electron chi connectivity index (χ1n) is 17.1. The fourth-order valence-corrected chi connectivity index (χ4v) is 7.18. The smallest absolute Gasteiger partial charge is 0.162 e. The zero-order valence-electron chi connectivity index (χ0n) is 27.4. The van der Waals surface area contributed by atoms with Crippen molar-refractivity contribution in [3.05, 3.63) is 192 Å². The average Bonchev–Trinajstić information content (AvgIpc) is 3.58. The molecule has 0 N–H and O–H groups in total. The normalized spacial score (nSPS) is 14.5. The Labute approximate surface area is 294 Å². The molecule has 3 heterocycles. The van der Waals surface area contributed by atoms with Crippen LogP contribution >= 0.6 is 0 Å². The SMILES string of the molecule is c1ccc(C2=NC(c3ccccc3)[N-]C(c3ccccc3-c3cnc(-c4ccc5ccccc5c4)c4oc5cc6ccccc6cc5c34)=N2)cc1. The Kier molecular flexibility index (Phi) is 6.81. The molecule has 0 spiro atoms. The van der Waals surface area contributed by atoms with Gasteiger partial charge in [-0.05, 0) is 62.0 Å². The van der Waals surface area contributed by atoms with E-state index in [0.29, 0.717) is 11.7 Å². The maximum absolute atomic E-state index is 6.82. The standard InChI is InChI=1S/C46H29N4O/c1-3-14-30(15-4-1)44-48-45(31-16-5-2-6-17-31)50-46(49-44)37-22-12-11-21-36(37)39-28-47-42(35-24-23-29-13-7-8-18-32(29)25-35)43-41(39)38-26-33-19-9-10-20-34(33)27-40(38)51-43/h1-28,44H/q-1. The van der Waals surface area contributed by atoms with Gasteiger partial charge < -0.3 is 14.7 Å². The van der Waals surface area contributed by atoms with Crippen LogP contribution in [0.5, 0.6) is 0 Å². The number of fused-ring (bicyclic) bond motifs is 5. The second-order valence-corrected chi connectivity index (χ2v) is 12.8. The molecular weight excluding hydrogens is 625 g/mol. The van der Waals surface area contributed by atoms with E-state index in [9.17, 15) is 0 Å². The number of furan rings is 1.